The zero-order valence-electron chi connectivity index (χ0n) is 14.7. The molecule has 1 aromatic rings. The van der Waals surface area contributed by atoms with E-state index >= 15 is 0 Å². The number of amides is 1. The van der Waals surface area contributed by atoms with Gasteiger partial charge in [-0.25, -0.2) is 0 Å². The Morgan fingerprint density at radius 2 is 1.92 bits per heavy atom. The number of hydrogen-bond acceptors (Lipinski definition) is 4. The van der Waals surface area contributed by atoms with Gasteiger partial charge in [0.15, 0.2) is 0 Å². The van der Waals surface area contributed by atoms with Gasteiger partial charge in [0, 0.05) is 24.2 Å². The van der Waals surface area contributed by atoms with Crippen LogP contribution in [0.15, 0.2) is 24.3 Å². The fraction of sp³-hybridized carbons (Fsp3) is 0.556. The number of benzene rings is 1. The number of likely N-dealkylation sites (tertiary alicyclic amines) is 1. The predicted octanol–water partition coefficient (Wildman–Crippen LogP) is 2.00. The smallest absolute Gasteiger partial charge is 0.317 e. The number of carboxylic acids is 1. The number of rotatable bonds is 7. The highest BCUT2D eigenvalue weighted by molar-refractivity contribution is 6.30. The molecule has 0 radical (unpaired) electrons. The van der Waals surface area contributed by atoms with Crippen LogP contribution in [0.2, 0.25) is 5.02 Å². The van der Waals surface area contributed by atoms with Crippen LogP contribution in [0, 0.1) is 0 Å². The lowest BCUT2D eigenvalue weighted by molar-refractivity contribution is -0.138. The number of piperidine rings is 1. The molecule has 6 nitrogen and oxygen atoms in total. The van der Waals surface area contributed by atoms with Crippen LogP contribution in [0.25, 0.3) is 0 Å². The third-order valence-corrected chi connectivity index (χ3v) is 4.93. The molecule has 1 fully saturated rings. The molecular weight excluding hydrogens is 342 g/mol. The summed E-state index contributed by atoms with van der Waals surface area (Å²) >= 11 is 5.88. The second-order valence-corrected chi connectivity index (χ2v) is 7.09. The summed E-state index contributed by atoms with van der Waals surface area (Å²) in [6, 6.07) is 7.66. The van der Waals surface area contributed by atoms with Crippen LogP contribution in [0.4, 0.5) is 0 Å². The fourth-order valence-corrected chi connectivity index (χ4v) is 3.31. The van der Waals surface area contributed by atoms with Gasteiger partial charge in [-0.15, -0.1) is 0 Å². The summed E-state index contributed by atoms with van der Waals surface area (Å²) in [4.78, 5) is 27.0. The molecule has 1 saturated heterocycles. The van der Waals surface area contributed by atoms with Crippen molar-refractivity contribution >= 4 is 23.5 Å². The maximum atomic E-state index is 12.3. The van der Waals surface area contributed by atoms with Gasteiger partial charge < -0.3 is 10.4 Å². The van der Waals surface area contributed by atoms with Gasteiger partial charge in [0.1, 0.15) is 0 Å². The van der Waals surface area contributed by atoms with E-state index in [1.165, 1.54) is 0 Å². The molecule has 1 atom stereocenters. The highest BCUT2D eigenvalue weighted by atomic mass is 35.5. The molecule has 1 aliphatic heterocycles. The Labute approximate surface area is 153 Å². The quantitative estimate of drug-likeness (QED) is 0.771. The van der Waals surface area contributed by atoms with Crippen LogP contribution >= 0.6 is 11.6 Å². The first-order chi connectivity index (χ1) is 11.8. The zero-order valence-corrected chi connectivity index (χ0v) is 15.5. The van der Waals surface area contributed by atoms with Gasteiger partial charge in [-0.1, -0.05) is 23.7 Å². The molecule has 1 amide bonds. The van der Waals surface area contributed by atoms with Crippen molar-refractivity contribution in [1.82, 2.24) is 15.1 Å². The summed E-state index contributed by atoms with van der Waals surface area (Å²) in [6.45, 7) is 3.99. The lowest BCUT2D eigenvalue weighted by Crippen LogP contribution is -2.47. The minimum Gasteiger partial charge on any atom is -0.480 e. The number of nitrogens with one attached hydrogen (secondary N) is 1. The van der Waals surface area contributed by atoms with E-state index < -0.39 is 5.97 Å². The van der Waals surface area contributed by atoms with Crippen molar-refractivity contribution in [1.29, 1.82) is 0 Å². The number of carbonyl (C=O) groups excluding carboxylic acids is 1. The minimum atomic E-state index is -0.805. The van der Waals surface area contributed by atoms with E-state index in [-0.39, 0.29) is 24.5 Å². The van der Waals surface area contributed by atoms with Crippen molar-refractivity contribution < 1.29 is 14.7 Å². The molecular formula is C18H26ClN3O3. The summed E-state index contributed by atoms with van der Waals surface area (Å²) < 4.78 is 0. The molecule has 138 valence electrons. The van der Waals surface area contributed by atoms with Crippen molar-refractivity contribution in [3.05, 3.63) is 34.9 Å². The van der Waals surface area contributed by atoms with Crippen LogP contribution in [0.1, 0.15) is 31.4 Å². The standard InChI is InChI=1S/C18H26ClN3O3/c1-13(14-3-5-15(19)6-4-14)20-17(23)11-22-9-7-16(8-10-22)21(2)12-18(24)25/h3-6,13,16H,7-12H2,1-2H3,(H,20,23)(H,24,25). The monoisotopic (exact) mass is 367 g/mol. The van der Waals surface area contributed by atoms with E-state index in [4.69, 9.17) is 16.7 Å². The Kier molecular flexibility index (Phi) is 7.23. The van der Waals surface area contributed by atoms with Crippen LogP contribution in [0.3, 0.4) is 0 Å². The van der Waals surface area contributed by atoms with E-state index in [0.717, 1.165) is 31.5 Å². The van der Waals surface area contributed by atoms with Crippen LogP contribution in [-0.2, 0) is 9.59 Å². The van der Waals surface area contributed by atoms with E-state index in [9.17, 15) is 9.59 Å². The number of carboxylic acid groups (broad SMARTS) is 1. The molecule has 1 aliphatic rings. The number of aliphatic carboxylic acids is 1. The number of likely N-dealkylation sites (N-methyl/N-ethyl adjacent to an activating group) is 1. The molecule has 1 aromatic carbocycles. The minimum absolute atomic E-state index is 0.000194. The Hall–Kier alpha value is -1.63. The lowest BCUT2D eigenvalue weighted by Gasteiger charge is -2.35. The summed E-state index contributed by atoms with van der Waals surface area (Å²) in [6.07, 6.45) is 1.76. The molecule has 7 heteroatoms. The average molecular weight is 368 g/mol. The van der Waals surface area contributed by atoms with Gasteiger partial charge in [-0.2, -0.15) is 0 Å². The van der Waals surface area contributed by atoms with E-state index in [0.29, 0.717) is 11.6 Å². The van der Waals surface area contributed by atoms with Gasteiger partial charge >= 0.3 is 5.97 Å². The van der Waals surface area contributed by atoms with Crippen molar-refractivity contribution in [3.8, 4) is 0 Å². The molecule has 1 unspecified atom stereocenters. The molecule has 2 N–H and O–H groups in total. The third-order valence-electron chi connectivity index (χ3n) is 4.68. The van der Waals surface area contributed by atoms with Crippen LogP contribution in [0.5, 0.6) is 0 Å². The van der Waals surface area contributed by atoms with Crippen molar-refractivity contribution in [2.75, 3.05) is 33.2 Å². The van der Waals surface area contributed by atoms with E-state index in [1.807, 2.05) is 43.1 Å². The van der Waals surface area contributed by atoms with Gasteiger partial charge in [-0.3, -0.25) is 19.4 Å². The van der Waals surface area contributed by atoms with Crippen LogP contribution < -0.4 is 5.32 Å². The maximum Gasteiger partial charge on any atom is 0.317 e. The Morgan fingerprint density at radius 3 is 2.48 bits per heavy atom. The highest BCUT2D eigenvalue weighted by Gasteiger charge is 2.24. The first-order valence-electron chi connectivity index (χ1n) is 8.54. The highest BCUT2D eigenvalue weighted by Crippen LogP contribution is 2.17. The van der Waals surface area contributed by atoms with Crippen molar-refractivity contribution in [3.63, 3.8) is 0 Å². The fourth-order valence-electron chi connectivity index (χ4n) is 3.19. The van der Waals surface area contributed by atoms with E-state index in [2.05, 4.69) is 10.2 Å². The second-order valence-electron chi connectivity index (χ2n) is 6.66. The Morgan fingerprint density at radius 1 is 1.32 bits per heavy atom. The first kappa shape index (κ1) is 19.7. The SMILES string of the molecule is CC(NC(=O)CN1CCC(N(C)CC(=O)O)CC1)c1ccc(Cl)cc1. The molecule has 25 heavy (non-hydrogen) atoms. The second kappa shape index (κ2) is 9.17. The summed E-state index contributed by atoms with van der Waals surface area (Å²) in [5.41, 5.74) is 1.02. The topological polar surface area (TPSA) is 72.9 Å². The van der Waals surface area contributed by atoms with Crippen molar-refractivity contribution in [2.24, 2.45) is 0 Å². The number of nitrogens with zero attached hydrogens (tertiary/aromatic N) is 2. The molecule has 0 bridgehead atoms. The molecule has 2 rings (SSSR count). The molecule has 0 aromatic heterocycles. The Bertz CT molecular complexity index is 586. The molecule has 1 heterocycles. The predicted molar refractivity (Wildman–Crippen MR) is 97.7 cm³/mol. The third kappa shape index (κ3) is 6.30. The van der Waals surface area contributed by atoms with Gasteiger partial charge in [-0.05, 0) is 44.5 Å². The number of carbonyl (C=O) groups is 2. The summed E-state index contributed by atoms with van der Waals surface area (Å²) in [7, 11) is 1.84. The average Bonchev–Trinajstić information content (AvgIpc) is 2.55. The summed E-state index contributed by atoms with van der Waals surface area (Å²) in [5, 5.41) is 12.6. The van der Waals surface area contributed by atoms with Crippen LogP contribution in [-0.4, -0.2) is 66.1 Å². The first-order valence-corrected chi connectivity index (χ1v) is 8.92. The lowest BCUT2D eigenvalue weighted by atomic mass is 10.0. The maximum absolute atomic E-state index is 12.3. The normalized spacial score (nSPS) is 17.4. The van der Waals surface area contributed by atoms with Crippen molar-refractivity contribution in [2.45, 2.75) is 31.8 Å². The molecule has 0 aliphatic carbocycles. The summed E-state index contributed by atoms with van der Waals surface area (Å²) in [5.74, 6) is -0.805. The van der Waals surface area contributed by atoms with Gasteiger partial charge in [0.2, 0.25) is 5.91 Å². The molecule has 0 saturated carbocycles. The Balaban J connectivity index is 1.74. The number of hydrogen-bond donors (Lipinski definition) is 2. The number of halogens is 1. The molecule has 0 spiro atoms. The van der Waals surface area contributed by atoms with Gasteiger partial charge in [0.25, 0.3) is 0 Å². The van der Waals surface area contributed by atoms with E-state index in [1.54, 1.807) is 0 Å². The van der Waals surface area contributed by atoms with Gasteiger partial charge in [0.05, 0.1) is 19.1 Å². The largest absolute Gasteiger partial charge is 0.480 e. The zero-order chi connectivity index (χ0) is 18.4.